The molecule has 3 amide bonds. The fourth-order valence-electron chi connectivity index (χ4n) is 5.18. The summed E-state index contributed by atoms with van der Waals surface area (Å²) in [5.41, 5.74) is 4.88. The van der Waals surface area contributed by atoms with Crippen molar-refractivity contribution in [1.82, 2.24) is 19.9 Å². The molecule has 4 aromatic rings. The van der Waals surface area contributed by atoms with Crippen molar-refractivity contribution < 1.29 is 14.4 Å². The number of anilines is 3. The van der Waals surface area contributed by atoms with Crippen LogP contribution in [0.2, 0.25) is 0 Å². The van der Waals surface area contributed by atoms with Crippen molar-refractivity contribution in [2.45, 2.75) is 52.5 Å². The van der Waals surface area contributed by atoms with Crippen molar-refractivity contribution in [2.75, 3.05) is 29.0 Å². The van der Waals surface area contributed by atoms with Crippen molar-refractivity contribution in [3.63, 3.8) is 0 Å². The number of carbonyl (C=O) groups excluding carboxylic acids is 3. The molecule has 2 aromatic carbocycles. The summed E-state index contributed by atoms with van der Waals surface area (Å²) in [6.45, 7) is 9.02. The zero-order valence-electron chi connectivity index (χ0n) is 25.4. The number of amides is 3. The van der Waals surface area contributed by atoms with Crippen LogP contribution in [0.25, 0.3) is 0 Å². The Bertz CT molecular complexity index is 1640. The number of carbonyl (C=O) groups is 3. The molecular weight excluding hydrogens is 554 g/mol. The minimum absolute atomic E-state index is 0.0601. The number of piperidine rings is 1. The van der Waals surface area contributed by atoms with Crippen molar-refractivity contribution in [3.8, 4) is 0 Å². The molecular formula is C34H37N7O3. The minimum atomic E-state index is -0.283. The van der Waals surface area contributed by atoms with Gasteiger partial charge in [-0.2, -0.15) is 0 Å². The monoisotopic (exact) mass is 591 g/mol. The molecule has 0 unspecified atom stereocenters. The number of pyridine rings is 1. The molecule has 226 valence electrons. The third kappa shape index (κ3) is 7.44. The van der Waals surface area contributed by atoms with Crippen LogP contribution in [0.4, 0.5) is 17.5 Å². The van der Waals surface area contributed by atoms with Crippen LogP contribution in [0.3, 0.4) is 0 Å². The number of nitrogens with zero attached hydrogens (tertiary/aromatic N) is 4. The van der Waals surface area contributed by atoms with E-state index >= 15 is 0 Å². The molecule has 10 nitrogen and oxygen atoms in total. The number of hydrogen-bond acceptors (Lipinski definition) is 7. The van der Waals surface area contributed by atoms with Crippen LogP contribution in [-0.2, 0) is 0 Å². The molecule has 5 rings (SSSR count). The van der Waals surface area contributed by atoms with Crippen LogP contribution in [0.1, 0.15) is 80.5 Å². The van der Waals surface area contributed by atoms with E-state index < -0.39 is 0 Å². The Morgan fingerprint density at radius 2 is 1.50 bits per heavy atom. The van der Waals surface area contributed by atoms with E-state index in [0.29, 0.717) is 47.2 Å². The molecule has 44 heavy (non-hydrogen) atoms. The molecule has 1 fully saturated rings. The van der Waals surface area contributed by atoms with E-state index in [-0.39, 0.29) is 29.7 Å². The van der Waals surface area contributed by atoms with Gasteiger partial charge in [-0.3, -0.25) is 19.7 Å². The van der Waals surface area contributed by atoms with Crippen LogP contribution in [-0.4, -0.2) is 56.7 Å². The second kappa shape index (κ2) is 13.5. The predicted octanol–water partition coefficient (Wildman–Crippen LogP) is 5.83. The Hall–Kier alpha value is -5.12. The van der Waals surface area contributed by atoms with Gasteiger partial charge in [0.25, 0.3) is 17.7 Å². The van der Waals surface area contributed by atoms with Gasteiger partial charge in [0.1, 0.15) is 5.82 Å². The summed E-state index contributed by atoms with van der Waals surface area (Å²) in [7, 11) is 0. The summed E-state index contributed by atoms with van der Waals surface area (Å²) in [5.74, 6) is 0.674. The highest BCUT2D eigenvalue weighted by atomic mass is 16.2. The van der Waals surface area contributed by atoms with Gasteiger partial charge in [-0.1, -0.05) is 18.2 Å². The Balaban J connectivity index is 1.16. The normalized spacial score (nSPS) is 13.4. The molecule has 1 aliphatic heterocycles. The Morgan fingerprint density at radius 3 is 2.16 bits per heavy atom. The summed E-state index contributed by atoms with van der Waals surface area (Å²) in [6, 6.07) is 18.5. The highest BCUT2D eigenvalue weighted by Crippen LogP contribution is 2.29. The first-order chi connectivity index (χ1) is 21.2. The second-order valence-electron chi connectivity index (χ2n) is 11.4. The molecule has 1 aliphatic rings. The van der Waals surface area contributed by atoms with Crippen molar-refractivity contribution in [2.24, 2.45) is 0 Å². The van der Waals surface area contributed by atoms with Gasteiger partial charge in [0.05, 0.1) is 5.56 Å². The van der Waals surface area contributed by atoms with Gasteiger partial charge >= 0.3 is 0 Å². The summed E-state index contributed by atoms with van der Waals surface area (Å²) >= 11 is 0. The van der Waals surface area contributed by atoms with Gasteiger partial charge in [0, 0.05) is 54.0 Å². The number of aryl methyl sites for hydroxylation is 2. The van der Waals surface area contributed by atoms with Gasteiger partial charge < -0.3 is 15.5 Å². The fourth-order valence-corrected chi connectivity index (χ4v) is 5.18. The number of nitrogens with one attached hydrogen (secondary N) is 3. The van der Waals surface area contributed by atoms with E-state index in [1.54, 1.807) is 36.5 Å². The number of rotatable bonds is 8. The van der Waals surface area contributed by atoms with Gasteiger partial charge in [0.2, 0.25) is 5.95 Å². The standard InChI is InChI=1S/C34H37N7O3/c1-21(2)37-30-12-11-28(20-36-30)32(43)39-29-19-27(6-5-22(29)3)33(44)41-17-14-25(15-18-41)24-7-9-26(10-8-24)31(42)40-34-35-16-13-23(4)38-34/h5-13,16,19-21,25H,14-15,17-18H2,1-4H3,(H,36,37)(H,39,43)(H,35,38,40,42). The molecule has 1 saturated heterocycles. The van der Waals surface area contributed by atoms with Crippen molar-refractivity contribution in [3.05, 3.63) is 107 Å². The third-order valence-electron chi connectivity index (χ3n) is 7.64. The molecule has 0 aliphatic carbocycles. The molecule has 10 heteroatoms. The lowest BCUT2D eigenvalue weighted by Gasteiger charge is -2.32. The van der Waals surface area contributed by atoms with E-state index in [4.69, 9.17) is 0 Å². The Morgan fingerprint density at radius 1 is 0.818 bits per heavy atom. The van der Waals surface area contributed by atoms with Gasteiger partial charge in [0.15, 0.2) is 0 Å². The van der Waals surface area contributed by atoms with Gasteiger partial charge in [-0.15, -0.1) is 0 Å². The lowest BCUT2D eigenvalue weighted by molar-refractivity contribution is 0.0712. The highest BCUT2D eigenvalue weighted by Gasteiger charge is 2.25. The number of hydrogen-bond donors (Lipinski definition) is 3. The molecule has 0 spiro atoms. The number of likely N-dealkylation sites (tertiary alicyclic amines) is 1. The first-order valence-electron chi connectivity index (χ1n) is 14.8. The van der Waals surface area contributed by atoms with Crippen LogP contribution in [0, 0.1) is 13.8 Å². The summed E-state index contributed by atoms with van der Waals surface area (Å²) in [4.78, 5) is 53.4. The molecule has 0 saturated carbocycles. The van der Waals surface area contributed by atoms with E-state index in [9.17, 15) is 14.4 Å². The van der Waals surface area contributed by atoms with E-state index in [1.807, 2.05) is 62.9 Å². The maximum absolute atomic E-state index is 13.4. The zero-order chi connectivity index (χ0) is 31.2. The van der Waals surface area contributed by atoms with Crippen LogP contribution in [0.5, 0.6) is 0 Å². The van der Waals surface area contributed by atoms with Gasteiger partial charge in [-0.05, 0) is 100 Å². The maximum atomic E-state index is 13.4. The molecule has 3 heterocycles. The van der Waals surface area contributed by atoms with E-state index in [0.717, 1.165) is 29.7 Å². The van der Waals surface area contributed by atoms with Crippen LogP contribution in [0.15, 0.2) is 73.1 Å². The lowest BCUT2D eigenvalue weighted by atomic mass is 9.88. The average molecular weight is 592 g/mol. The Labute approximate surface area is 257 Å². The topological polar surface area (TPSA) is 129 Å². The lowest BCUT2D eigenvalue weighted by Crippen LogP contribution is -2.38. The Kier molecular flexibility index (Phi) is 9.28. The fraction of sp³-hybridized carbons (Fsp3) is 0.294. The maximum Gasteiger partial charge on any atom is 0.258 e. The van der Waals surface area contributed by atoms with Crippen molar-refractivity contribution in [1.29, 1.82) is 0 Å². The third-order valence-corrected chi connectivity index (χ3v) is 7.64. The summed E-state index contributed by atoms with van der Waals surface area (Å²) < 4.78 is 0. The van der Waals surface area contributed by atoms with Crippen LogP contribution >= 0.6 is 0 Å². The van der Waals surface area contributed by atoms with Crippen LogP contribution < -0.4 is 16.0 Å². The number of benzene rings is 2. The van der Waals surface area contributed by atoms with Crippen molar-refractivity contribution >= 4 is 35.2 Å². The molecule has 0 bridgehead atoms. The highest BCUT2D eigenvalue weighted by molar-refractivity contribution is 6.05. The summed E-state index contributed by atoms with van der Waals surface area (Å²) in [5, 5.41) is 8.87. The first-order valence-corrected chi connectivity index (χ1v) is 14.8. The quantitative estimate of drug-likeness (QED) is 0.235. The smallest absolute Gasteiger partial charge is 0.258 e. The minimum Gasteiger partial charge on any atom is -0.368 e. The van der Waals surface area contributed by atoms with E-state index in [2.05, 4.69) is 30.9 Å². The predicted molar refractivity (Wildman–Crippen MR) is 171 cm³/mol. The number of aromatic nitrogens is 3. The average Bonchev–Trinajstić information content (AvgIpc) is 3.02. The molecule has 0 radical (unpaired) electrons. The molecule has 2 aromatic heterocycles. The largest absolute Gasteiger partial charge is 0.368 e. The SMILES string of the molecule is Cc1ccnc(NC(=O)c2ccc(C3CCN(C(=O)c4ccc(C)c(NC(=O)c5ccc(NC(C)C)nc5)c4)CC3)cc2)n1. The second-order valence-corrected chi connectivity index (χ2v) is 11.4. The van der Waals surface area contributed by atoms with Gasteiger partial charge in [-0.25, -0.2) is 15.0 Å². The van der Waals surface area contributed by atoms with E-state index in [1.165, 1.54) is 6.20 Å². The zero-order valence-corrected chi connectivity index (χ0v) is 25.4. The summed E-state index contributed by atoms with van der Waals surface area (Å²) in [6.07, 6.45) is 4.78. The molecule has 0 atom stereocenters. The molecule has 3 N–H and O–H groups in total. The first kappa shape index (κ1) is 30.3.